The van der Waals surface area contributed by atoms with Gasteiger partial charge in [-0.15, -0.1) is 0 Å². The minimum absolute atomic E-state index is 0.113. The fraction of sp³-hybridized carbons (Fsp3) is 0.312. The van der Waals surface area contributed by atoms with Gasteiger partial charge in [-0.3, -0.25) is 0 Å². The number of hydrogen-bond acceptors (Lipinski definition) is 6. The van der Waals surface area contributed by atoms with Crippen molar-refractivity contribution >= 4 is 42.8 Å². The van der Waals surface area contributed by atoms with Crippen molar-refractivity contribution in [3.05, 3.63) is 42.1 Å². The monoisotopic (exact) mass is 353 g/mol. The van der Waals surface area contributed by atoms with Gasteiger partial charge >= 0.3 is 10.4 Å². The van der Waals surface area contributed by atoms with E-state index in [1.165, 1.54) is 20.9 Å². The minimum Gasteiger partial charge on any atom is -0.248 e. The SMILES string of the molecule is CCOS(=O)(=O)OCC.Cc1cc2c(ccc3cccc32)sn1. The third-order valence-corrected chi connectivity index (χ3v) is 4.97. The van der Waals surface area contributed by atoms with Gasteiger partial charge in [0.15, 0.2) is 0 Å². The van der Waals surface area contributed by atoms with E-state index in [0.717, 1.165) is 5.69 Å². The van der Waals surface area contributed by atoms with Gasteiger partial charge in [0.25, 0.3) is 0 Å². The molecular weight excluding hydrogens is 334 g/mol. The molecule has 0 radical (unpaired) electrons. The van der Waals surface area contributed by atoms with E-state index in [0.29, 0.717) is 0 Å². The van der Waals surface area contributed by atoms with Gasteiger partial charge in [-0.2, -0.15) is 12.8 Å². The maximum atomic E-state index is 10.4. The number of fused-ring (bicyclic) bond motifs is 3. The fourth-order valence-electron chi connectivity index (χ4n) is 2.12. The molecule has 0 aliphatic heterocycles. The molecule has 0 spiro atoms. The van der Waals surface area contributed by atoms with Crippen LogP contribution in [0.4, 0.5) is 0 Å². The fourth-order valence-corrected chi connectivity index (χ4v) is 3.46. The Hall–Kier alpha value is -1.54. The largest absolute Gasteiger partial charge is 0.399 e. The van der Waals surface area contributed by atoms with Gasteiger partial charge in [-0.05, 0) is 55.2 Å². The number of rotatable bonds is 4. The van der Waals surface area contributed by atoms with Crippen molar-refractivity contribution in [3.63, 3.8) is 0 Å². The van der Waals surface area contributed by atoms with Gasteiger partial charge in [0.1, 0.15) is 0 Å². The molecule has 0 amide bonds. The van der Waals surface area contributed by atoms with E-state index < -0.39 is 10.4 Å². The molecule has 3 aromatic rings. The Kier molecular flexibility index (Phi) is 6.06. The van der Waals surface area contributed by atoms with E-state index in [1.54, 1.807) is 25.4 Å². The van der Waals surface area contributed by atoms with Crippen molar-refractivity contribution < 1.29 is 16.8 Å². The predicted molar refractivity (Wildman–Crippen MR) is 94.0 cm³/mol. The highest BCUT2D eigenvalue weighted by molar-refractivity contribution is 7.81. The molecule has 7 heteroatoms. The van der Waals surface area contributed by atoms with Crippen LogP contribution in [0.5, 0.6) is 0 Å². The summed E-state index contributed by atoms with van der Waals surface area (Å²) in [7, 11) is -3.68. The summed E-state index contributed by atoms with van der Waals surface area (Å²) < 4.78 is 34.8. The highest BCUT2D eigenvalue weighted by Gasteiger charge is 2.07. The topological polar surface area (TPSA) is 65.5 Å². The maximum Gasteiger partial charge on any atom is 0.399 e. The van der Waals surface area contributed by atoms with Crippen LogP contribution in [0.2, 0.25) is 0 Å². The van der Waals surface area contributed by atoms with Crippen molar-refractivity contribution in [2.75, 3.05) is 13.2 Å². The molecule has 1 aromatic heterocycles. The van der Waals surface area contributed by atoms with Crippen molar-refractivity contribution in [1.29, 1.82) is 0 Å². The summed E-state index contributed by atoms with van der Waals surface area (Å²) in [4.78, 5) is 0. The van der Waals surface area contributed by atoms with E-state index >= 15 is 0 Å². The summed E-state index contributed by atoms with van der Waals surface area (Å²) in [5.41, 5.74) is 1.09. The lowest BCUT2D eigenvalue weighted by Gasteiger charge is -1.99. The van der Waals surface area contributed by atoms with E-state index in [2.05, 4.69) is 49.1 Å². The second kappa shape index (κ2) is 7.83. The first kappa shape index (κ1) is 17.8. The van der Waals surface area contributed by atoms with Gasteiger partial charge in [-0.1, -0.05) is 24.3 Å². The number of aromatic nitrogens is 1. The Balaban J connectivity index is 0.000000188. The summed E-state index contributed by atoms with van der Waals surface area (Å²) in [6.45, 7) is 5.43. The Bertz CT molecular complexity index is 875. The molecule has 0 fully saturated rings. The molecule has 2 aromatic carbocycles. The summed E-state index contributed by atoms with van der Waals surface area (Å²) in [6, 6.07) is 12.9. The molecular formula is C16H19NO4S2. The van der Waals surface area contributed by atoms with Crippen molar-refractivity contribution in [1.82, 2.24) is 4.37 Å². The van der Waals surface area contributed by atoms with Crippen LogP contribution in [0.1, 0.15) is 19.5 Å². The van der Waals surface area contributed by atoms with Crippen LogP contribution in [0.3, 0.4) is 0 Å². The van der Waals surface area contributed by atoms with Crippen LogP contribution in [-0.2, 0) is 18.8 Å². The van der Waals surface area contributed by atoms with Gasteiger partial charge < -0.3 is 0 Å². The minimum atomic E-state index is -3.68. The maximum absolute atomic E-state index is 10.4. The summed E-state index contributed by atoms with van der Waals surface area (Å²) >= 11 is 1.57. The predicted octanol–water partition coefficient (Wildman–Crippen LogP) is 4.06. The lowest BCUT2D eigenvalue weighted by atomic mass is 10.1. The van der Waals surface area contributed by atoms with E-state index in [-0.39, 0.29) is 13.2 Å². The van der Waals surface area contributed by atoms with Crippen LogP contribution >= 0.6 is 11.5 Å². The molecule has 1 heterocycles. The molecule has 124 valence electrons. The van der Waals surface area contributed by atoms with Crippen molar-refractivity contribution in [2.24, 2.45) is 0 Å². The average molecular weight is 353 g/mol. The lowest BCUT2D eigenvalue weighted by molar-refractivity contribution is 0.231. The normalized spacial score (nSPS) is 11.4. The molecule has 3 rings (SSSR count). The smallest absolute Gasteiger partial charge is 0.248 e. The van der Waals surface area contributed by atoms with Crippen LogP contribution in [0, 0.1) is 6.92 Å². The van der Waals surface area contributed by atoms with Crippen molar-refractivity contribution in [2.45, 2.75) is 20.8 Å². The third kappa shape index (κ3) is 4.71. The second-order valence-corrected chi connectivity index (χ2v) is 6.79. The Morgan fingerprint density at radius 3 is 2.39 bits per heavy atom. The lowest BCUT2D eigenvalue weighted by Crippen LogP contribution is -2.09. The zero-order valence-corrected chi connectivity index (χ0v) is 14.9. The quantitative estimate of drug-likeness (QED) is 0.707. The number of aryl methyl sites for hydroxylation is 1. The molecule has 0 aliphatic rings. The first-order valence-electron chi connectivity index (χ1n) is 7.25. The molecule has 0 saturated heterocycles. The standard InChI is InChI=1S/C12H9NS.C4H10O4S/c1-8-7-11-10-4-2-3-9(10)5-6-12(11)14-13-8;1-3-7-9(5,6)8-4-2/h2-7H,1H3;3-4H2,1-2H3. The van der Waals surface area contributed by atoms with Crippen LogP contribution in [-0.4, -0.2) is 26.0 Å². The van der Waals surface area contributed by atoms with E-state index in [1.807, 2.05) is 6.92 Å². The van der Waals surface area contributed by atoms with Crippen LogP contribution in [0.15, 0.2) is 36.4 Å². The van der Waals surface area contributed by atoms with Gasteiger partial charge in [-0.25, -0.2) is 8.37 Å². The molecule has 0 atom stereocenters. The molecule has 0 bridgehead atoms. The number of nitrogens with zero attached hydrogens (tertiary/aromatic N) is 1. The van der Waals surface area contributed by atoms with Crippen LogP contribution in [0.25, 0.3) is 20.9 Å². The van der Waals surface area contributed by atoms with Gasteiger partial charge in [0.05, 0.1) is 23.6 Å². The Morgan fingerprint density at radius 1 is 1.04 bits per heavy atom. The zero-order valence-electron chi connectivity index (χ0n) is 13.3. The number of hydrogen-bond donors (Lipinski definition) is 0. The molecule has 5 nitrogen and oxygen atoms in total. The summed E-state index contributed by atoms with van der Waals surface area (Å²) in [5.74, 6) is 0. The van der Waals surface area contributed by atoms with E-state index in [4.69, 9.17) is 0 Å². The first-order chi connectivity index (χ1) is 11.0. The number of benzene rings is 1. The first-order valence-corrected chi connectivity index (χ1v) is 9.36. The molecule has 0 aliphatic carbocycles. The second-order valence-electron chi connectivity index (χ2n) is 4.70. The van der Waals surface area contributed by atoms with Crippen molar-refractivity contribution in [3.8, 4) is 0 Å². The highest BCUT2D eigenvalue weighted by atomic mass is 32.3. The summed E-state index contributed by atoms with van der Waals surface area (Å²) in [6.07, 6.45) is 0. The van der Waals surface area contributed by atoms with Gasteiger partial charge in [0, 0.05) is 5.39 Å². The molecule has 0 unspecified atom stereocenters. The van der Waals surface area contributed by atoms with E-state index in [9.17, 15) is 8.42 Å². The zero-order chi connectivity index (χ0) is 16.9. The molecule has 0 N–H and O–H groups in total. The Labute approximate surface area is 140 Å². The summed E-state index contributed by atoms with van der Waals surface area (Å²) in [5, 5.41) is 3.98. The third-order valence-electron chi connectivity index (χ3n) is 2.99. The van der Waals surface area contributed by atoms with Crippen LogP contribution < -0.4 is 0 Å². The molecule has 23 heavy (non-hydrogen) atoms. The highest BCUT2D eigenvalue weighted by Crippen LogP contribution is 2.27. The molecule has 0 saturated carbocycles. The Morgan fingerprint density at radius 2 is 1.74 bits per heavy atom. The average Bonchev–Trinajstić information content (AvgIpc) is 2.96. The van der Waals surface area contributed by atoms with Gasteiger partial charge in [0.2, 0.25) is 0 Å².